The smallest absolute Gasteiger partial charge is 0.339 e. The summed E-state index contributed by atoms with van der Waals surface area (Å²) in [4.78, 5) is 26.1. The fourth-order valence-corrected chi connectivity index (χ4v) is 2.88. The van der Waals surface area contributed by atoms with Crippen LogP contribution in [0.3, 0.4) is 0 Å². The van der Waals surface area contributed by atoms with Crippen LogP contribution in [0.2, 0.25) is 0 Å². The molecule has 1 aromatic heterocycles. The number of rotatable bonds is 5. The maximum Gasteiger partial charge on any atom is 0.339 e. The number of carbonyl (C=O) groups is 1. The fourth-order valence-electron chi connectivity index (χ4n) is 2.88. The van der Waals surface area contributed by atoms with Gasteiger partial charge in [-0.3, -0.25) is 10.1 Å². The normalized spacial score (nSPS) is 12.5. The minimum absolute atomic E-state index is 0.0484. The number of nitrogens with one attached hydrogen (secondary N) is 1. The van der Waals surface area contributed by atoms with E-state index in [1.54, 1.807) is 0 Å². The van der Waals surface area contributed by atoms with Crippen LogP contribution in [0.15, 0.2) is 30.5 Å². The molecule has 0 amide bonds. The third-order valence-electron chi connectivity index (χ3n) is 4.11. The number of aromatic nitrogens is 1. The van der Waals surface area contributed by atoms with Crippen molar-refractivity contribution in [1.82, 2.24) is 4.98 Å². The van der Waals surface area contributed by atoms with E-state index >= 15 is 0 Å². The number of benzene rings is 1. The molecular formula is C17H17N3O4. The largest absolute Gasteiger partial charge is 0.465 e. The van der Waals surface area contributed by atoms with E-state index in [-0.39, 0.29) is 17.1 Å². The lowest BCUT2D eigenvalue weighted by Crippen LogP contribution is -2.08. The van der Waals surface area contributed by atoms with Gasteiger partial charge in [-0.05, 0) is 36.0 Å². The van der Waals surface area contributed by atoms with E-state index in [0.29, 0.717) is 6.54 Å². The van der Waals surface area contributed by atoms with E-state index in [1.807, 2.05) is 6.07 Å². The average Bonchev–Trinajstić information content (AvgIpc) is 3.06. The first-order valence-electron chi connectivity index (χ1n) is 7.66. The van der Waals surface area contributed by atoms with E-state index < -0.39 is 10.9 Å². The van der Waals surface area contributed by atoms with Crippen molar-refractivity contribution in [2.75, 3.05) is 12.4 Å². The Balaban J connectivity index is 1.79. The maximum atomic E-state index is 11.5. The van der Waals surface area contributed by atoms with Crippen LogP contribution in [0, 0.1) is 10.1 Å². The molecule has 0 aliphatic heterocycles. The third-order valence-corrected chi connectivity index (χ3v) is 4.11. The molecule has 1 aromatic carbocycles. The fraction of sp³-hybridized carbons (Fsp3) is 0.294. The summed E-state index contributed by atoms with van der Waals surface area (Å²) in [7, 11) is 1.22. The van der Waals surface area contributed by atoms with Crippen molar-refractivity contribution in [3.63, 3.8) is 0 Å². The average molecular weight is 327 g/mol. The van der Waals surface area contributed by atoms with Crippen molar-refractivity contribution in [2.45, 2.75) is 25.8 Å². The number of pyridine rings is 1. The summed E-state index contributed by atoms with van der Waals surface area (Å²) in [5, 5.41) is 14.2. The summed E-state index contributed by atoms with van der Waals surface area (Å²) in [6.45, 7) is 0.429. The number of methoxy groups -OCH3 is 1. The number of hydrogen-bond donors (Lipinski definition) is 1. The summed E-state index contributed by atoms with van der Waals surface area (Å²) < 4.78 is 4.56. The topological polar surface area (TPSA) is 94.4 Å². The highest BCUT2D eigenvalue weighted by atomic mass is 16.6. The van der Waals surface area contributed by atoms with Gasteiger partial charge in [0, 0.05) is 18.8 Å². The Morgan fingerprint density at radius 2 is 2.12 bits per heavy atom. The lowest BCUT2D eigenvalue weighted by Gasteiger charge is -2.09. The molecule has 1 aliphatic rings. The van der Waals surface area contributed by atoms with Crippen molar-refractivity contribution >= 4 is 17.5 Å². The molecule has 0 fully saturated rings. The summed E-state index contributed by atoms with van der Waals surface area (Å²) in [6.07, 6.45) is 4.64. The molecule has 0 saturated heterocycles. The first-order chi connectivity index (χ1) is 11.6. The molecule has 0 unspecified atom stereocenters. The van der Waals surface area contributed by atoms with Crippen LogP contribution in [-0.2, 0) is 24.1 Å². The minimum atomic E-state index is -0.657. The summed E-state index contributed by atoms with van der Waals surface area (Å²) in [6, 6.07) is 7.43. The van der Waals surface area contributed by atoms with Gasteiger partial charge in [-0.1, -0.05) is 18.2 Å². The molecule has 124 valence electrons. The van der Waals surface area contributed by atoms with Gasteiger partial charge in [0.25, 0.3) is 0 Å². The van der Waals surface area contributed by atoms with Crippen LogP contribution in [0.25, 0.3) is 0 Å². The van der Waals surface area contributed by atoms with E-state index in [4.69, 9.17) is 0 Å². The zero-order valence-electron chi connectivity index (χ0n) is 13.2. The molecular weight excluding hydrogens is 310 g/mol. The SMILES string of the molecule is COC(=O)c1cnc(NCc2ccc3c(c2)CCC3)c([N+](=O)[O-])c1. The molecule has 0 bridgehead atoms. The molecule has 2 aromatic rings. The zero-order valence-corrected chi connectivity index (χ0v) is 13.2. The number of esters is 1. The number of aryl methyl sites for hydroxylation is 2. The molecule has 0 atom stereocenters. The van der Waals surface area contributed by atoms with Gasteiger partial charge in [-0.2, -0.15) is 0 Å². The van der Waals surface area contributed by atoms with Gasteiger partial charge >= 0.3 is 11.7 Å². The molecule has 0 spiro atoms. The zero-order chi connectivity index (χ0) is 17.1. The number of anilines is 1. The maximum absolute atomic E-state index is 11.5. The highest BCUT2D eigenvalue weighted by Gasteiger charge is 2.19. The van der Waals surface area contributed by atoms with Crippen LogP contribution in [0.1, 0.15) is 33.5 Å². The van der Waals surface area contributed by atoms with Crippen LogP contribution in [0.4, 0.5) is 11.5 Å². The van der Waals surface area contributed by atoms with Gasteiger partial charge in [0.05, 0.1) is 17.6 Å². The van der Waals surface area contributed by atoms with Crippen molar-refractivity contribution in [1.29, 1.82) is 0 Å². The number of fused-ring (bicyclic) bond motifs is 1. The lowest BCUT2D eigenvalue weighted by atomic mass is 10.1. The summed E-state index contributed by atoms with van der Waals surface area (Å²) in [5.41, 5.74) is 3.57. The van der Waals surface area contributed by atoms with Crippen molar-refractivity contribution < 1.29 is 14.5 Å². The van der Waals surface area contributed by atoms with Gasteiger partial charge in [-0.25, -0.2) is 9.78 Å². The first-order valence-corrected chi connectivity index (χ1v) is 7.66. The van der Waals surface area contributed by atoms with E-state index in [1.165, 1.54) is 36.9 Å². The van der Waals surface area contributed by atoms with Gasteiger partial charge in [0.1, 0.15) is 0 Å². The number of carbonyl (C=O) groups excluding carboxylic acids is 1. The molecule has 1 N–H and O–H groups in total. The minimum Gasteiger partial charge on any atom is -0.465 e. The highest BCUT2D eigenvalue weighted by Crippen LogP contribution is 2.26. The first kappa shape index (κ1) is 15.9. The number of ether oxygens (including phenoxy) is 1. The molecule has 0 saturated carbocycles. The van der Waals surface area contributed by atoms with Crippen molar-refractivity contribution in [2.24, 2.45) is 0 Å². The third kappa shape index (κ3) is 3.19. The molecule has 1 heterocycles. The molecule has 3 rings (SSSR count). The Labute approximate surface area is 138 Å². The highest BCUT2D eigenvalue weighted by molar-refractivity contribution is 5.90. The Morgan fingerprint density at radius 3 is 2.88 bits per heavy atom. The van der Waals surface area contributed by atoms with Gasteiger partial charge in [0.15, 0.2) is 0 Å². The van der Waals surface area contributed by atoms with Crippen molar-refractivity contribution in [3.8, 4) is 0 Å². The molecule has 7 heteroatoms. The Bertz CT molecular complexity index is 804. The monoisotopic (exact) mass is 327 g/mol. The summed E-state index contributed by atoms with van der Waals surface area (Å²) >= 11 is 0. The number of nitrogens with zero attached hydrogens (tertiary/aromatic N) is 2. The molecule has 0 radical (unpaired) electrons. The van der Waals surface area contributed by atoms with E-state index in [0.717, 1.165) is 18.4 Å². The van der Waals surface area contributed by atoms with Crippen LogP contribution in [-0.4, -0.2) is 23.0 Å². The van der Waals surface area contributed by atoms with Gasteiger partial charge < -0.3 is 10.1 Å². The predicted octanol–water partition coefficient (Wildman–Crippen LogP) is 2.88. The van der Waals surface area contributed by atoms with Crippen LogP contribution < -0.4 is 5.32 Å². The predicted molar refractivity (Wildman–Crippen MR) is 88.0 cm³/mol. The van der Waals surface area contributed by atoms with Gasteiger partial charge in [0.2, 0.25) is 5.82 Å². The van der Waals surface area contributed by atoms with Crippen molar-refractivity contribution in [3.05, 3.63) is 62.8 Å². The Kier molecular flexibility index (Phi) is 4.41. The number of nitro groups is 1. The molecule has 7 nitrogen and oxygen atoms in total. The van der Waals surface area contributed by atoms with E-state index in [9.17, 15) is 14.9 Å². The quantitative estimate of drug-likeness (QED) is 0.515. The second-order valence-corrected chi connectivity index (χ2v) is 5.65. The van der Waals surface area contributed by atoms with Crippen LogP contribution in [0.5, 0.6) is 0 Å². The van der Waals surface area contributed by atoms with E-state index in [2.05, 4.69) is 27.2 Å². The Morgan fingerprint density at radius 1 is 1.33 bits per heavy atom. The molecule has 24 heavy (non-hydrogen) atoms. The number of hydrogen-bond acceptors (Lipinski definition) is 6. The standard InChI is InChI=1S/C17H17N3O4/c1-24-17(21)14-8-15(20(22)23)16(19-10-14)18-9-11-5-6-12-3-2-4-13(12)7-11/h5-8,10H,2-4,9H2,1H3,(H,18,19). The van der Waals surface area contributed by atoms with Gasteiger partial charge in [-0.15, -0.1) is 0 Å². The second kappa shape index (κ2) is 6.66. The molecule has 1 aliphatic carbocycles. The second-order valence-electron chi connectivity index (χ2n) is 5.65. The lowest BCUT2D eigenvalue weighted by molar-refractivity contribution is -0.384. The summed E-state index contributed by atoms with van der Waals surface area (Å²) in [5.74, 6) is -0.524. The van der Waals surface area contributed by atoms with Crippen LogP contribution >= 0.6 is 0 Å². The Hall–Kier alpha value is -2.96.